The standard InChI is InChI=1S/C11H18/c1-3-9-6-7-11(2,8-9)10-4-5-10/h8,10H,3-7H2,1-2H3. The van der Waals surface area contributed by atoms with Crippen molar-refractivity contribution in [1.82, 2.24) is 0 Å². The Morgan fingerprint density at radius 2 is 2.27 bits per heavy atom. The zero-order chi connectivity index (χ0) is 7.90. The van der Waals surface area contributed by atoms with E-state index in [1.54, 1.807) is 5.57 Å². The maximum atomic E-state index is 2.57. The van der Waals surface area contributed by atoms with Gasteiger partial charge < -0.3 is 0 Å². The first-order valence-electron chi connectivity index (χ1n) is 4.95. The quantitative estimate of drug-likeness (QED) is 0.528. The molecule has 1 fully saturated rings. The van der Waals surface area contributed by atoms with Gasteiger partial charge in [-0.25, -0.2) is 0 Å². The molecule has 0 N–H and O–H groups in total. The summed E-state index contributed by atoms with van der Waals surface area (Å²) in [5, 5.41) is 0. The van der Waals surface area contributed by atoms with Crippen LogP contribution >= 0.6 is 0 Å². The molecule has 2 rings (SSSR count). The molecule has 1 atom stereocenters. The van der Waals surface area contributed by atoms with Crippen molar-refractivity contribution in [2.24, 2.45) is 11.3 Å². The lowest BCUT2D eigenvalue weighted by molar-refractivity contribution is 0.359. The van der Waals surface area contributed by atoms with Crippen molar-refractivity contribution in [3.63, 3.8) is 0 Å². The van der Waals surface area contributed by atoms with Crippen LogP contribution in [0.2, 0.25) is 0 Å². The van der Waals surface area contributed by atoms with Gasteiger partial charge in [-0.15, -0.1) is 0 Å². The summed E-state index contributed by atoms with van der Waals surface area (Å²) >= 11 is 0. The smallest absolute Gasteiger partial charge is 0.0113 e. The summed E-state index contributed by atoms with van der Waals surface area (Å²) in [5.41, 5.74) is 2.32. The van der Waals surface area contributed by atoms with E-state index in [0.717, 1.165) is 5.92 Å². The molecule has 0 aliphatic heterocycles. The van der Waals surface area contributed by atoms with Gasteiger partial charge in [0.1, 0.15) is 0 Å². The van der Waals surface area contributed by atoms with Crippen LogP contribution in [0.4, 0.5) is 0 Å². The molecule has 1 unspecified atom stereocenters. The Hall–Kier alpha value is -0.260. The molecule has 0 amide bonds. The normalized spacial score (nSPS) is 37.5. The van der Waals surface area contributed by atoms with Crippen molar-refractivity contribution in [2.75, 3.05) is 0 Å². The first-order chi connectivity index (χ1) is 5.24. The lowest BCUT2D eigenvalue weighted by Gasteiger charge is -2.20. The zero-order valence-electron chi connectivity index (χ0n) is 7.69. The van der Waals surface area contributed by atoms with E-state index in [4.69, 9.17) is 0 Å². The second kappa shape index (κ2) is 2.36. The minimum absolute atomic E-state index is 0.616. The summed E-state index contributed by atoms with van der Waals surface area (Å²) in [6.45, 7) is 4.73. The fourth-order valence-electron chi connectivity index (χ4n) is 2.38. The first-order valence-corrected chi connectivity index (χ1v) is 4.95. The van der Waals surface area contributed by atoms with Crippen LogP contribution in [0, 0.1) is 11.3 Å². The minimum Gasteiger partial charge on any atom is -0.0791 e. The molecule has 2 aliphatic rings. The molecule has 0 spiro atoms. The van der Waals surface area contributed by atoms with Crippen LogP contribution in [0.5, 0.6) is 0 Å². The molecule has 0 aromatic heterocycles. The molecule has 0 radical (unpaired) electrons. The lowest BCUT2D eigenvalue weighted by Crippen LogP contribution is -2.11. The zero-order valence-corrected chi connectivity index (χ0v) is 7.69. The van der Waals surface area contributed by atoms with Crippen molar-refractivity contribution in [1.29, 1.82) is 0 Å². The van der Waals surface area contributed by atoms with E-state index in [-0.39, 0.29) is 0 Å². The Kier molecular flexibility index (Phi) is 1.59. The monoisotopic (exact) mass is 150 g/mol. The van der Waals surface area contributed by atoms with Crippen LogP contribution in [0.15, 0.2) is 11.6 Å². The van der Waals surface area contributed by atoms with E-state index in [9.17, 15) is 0 Å². The fourth-order valence-corrected chi connectivity index (χ4v) is 2.38. The van der Waals surface area contributed by atoms with Crippen molar-refractivity contribution < 1.29 is 0 Å². The van der Waals surface area contributed by atoms with Gasteiger partial charge in [-0.2, -0.15) is 0 Å². The summed E-state index contributed by atoms with van der Waals surface area (Å²) in [5.74, 6) is 1.05. The van der Waals surface area contributed by atoms with Gasteiger partial charge in [-0.3, -0.25) is 0 Å². The highest BCUT2D eigenvalue weighted by molar-refractivity contribution is 5.18. The maximum absolute atomic E-state index is 2.57. The van der Waals surface area contributed by atoms with E-state index in [2.05, 4.69) is 19.9 Å². The fraction of sp³-hybridized carbons (Fsp3) is 0.818. The van der Waals surface area contributed by atoms with Crippen molar-refractivity contribution in [3.8, 4) is 0 Å². The Labute approximate surface area is 69.7 Å². The molecule has 0 nitrogen and oxygen atoms in total. The molecule has 0 bridgehead atoms. The number of hydrogen-bond donors (Lipinski definition) is 0. The summed E-state index contributed by atoms with van der Waals surface area (Å²) in [6, 6.07) is 0. The number of hydrogen-bond acceptors (Lipinski definition) is 0. The molecule has 0 aromatic carbocycles. The number of rotatable bonds is 2. The highest BCUT2D eigenvalue weighted by atomic mass is 14.5. The molecule has 0 aromatic rings. The van der Waals surface area contributed by atoms with Gasteiger partial charge in [-0.1, -0.05) is 25.5 Å². The molecular formula is C11H18. The van der Waals surface area contributed by atoms with Gasteiger partial charge in [0.2, 0.25) is 0 Å². The molecule has 0 heteroatoms. The Bertz CT molecular complexity index is 186. The Morgan fingerprint density at radius 3 is 2.73 bits per heavy atom. The highest BCUT2D eigenvalue weighted by Crippen LogP contribution is 2.53. The van der Waals surface area contributed by atoms with Gasteiger partial charge in [0.25, 0.3) is 0 Å². The first kappa shape index (κ1) is 7.39. The molecule has 11 heavy (non-hydrogen) atoms. The summed E-state index contributed by atoms with van der Waals surface area (Å²) in [6.07, 6.45) is 9.64. The third kappa shape index (κ3) is 1.23. The summed E-state index contributed by atoms with van der Waals surface area (Å²) in [4.78, 5) is 0. The summed E-state index contributed by atoms with van der Waals surface area (Å²) in [7, 11) is 0. The van der Waals surface area contributed by atoms with Crippen molar-refractivity contribution in [2.45, 2.75) is 46.0 Å². The van der Waals surface area contributed by atoms with Crippen LogP contribution in [-0.2, 0) is 0 Å². The van der Waals surface area contributed by atoms with E-state index in [1.165, 1.54) is 32.1 Å². The third-order valence-electron chi connectivity index (χ3n) is 3.48. The average molecular weight is 150 g/mol. The summed E-state index contributed by atoms with van der Waals surface area (Å²) < 4.78 is 0. The third-order valence-corrected chi connectivity index (χ3v) is 3.48. The predicted molar refractivity (Wildman–Crippen MR) is 48.4 cm³/mol. The molecule has 2 aliphatic carbocycles. The van der Waals surface area contributed by atoms with Gasteiger partial charge in [0.05, 0.1) is 0 Å². The molecule has 1 saturated carbocycles. The molecule has 62 valence electrons. The van der Waals surface area contributed by atoms with Crippen LogP contribution in [-0.4, -0.2) is 0 Å². The van der Waals surface area contributed by atoms with Crippen molar-refractivity contribution in [3.05, 3.63) is 11.6 Å². The van der Waals surface area contributed by atoms with Gasteiger partial charge in [0, 0.05) is 0 Å². The topological polar surface area (TPSA) is 0 Å². The average Bonchev–Trinajstić information content (AvgIpc) is 2.77. The van der Waals surface area contributed by atoms with E-state index < -0.39 is 0 Å². The Balaban J connectivity index is 2.10. The lowest BCUT2D eigenvalue weighted by atomic mass is 9.85. The van der Waals surface area contributed by atoms with Gasteiger partial charge in [-0.05, 0) is 43.4 Å². The SMILES string of the molecule is CCC1=CC(C)(C2CC2)CC1. The van der Waals surface area contributed by atoms with Crippen molar-refractivity contribution >= 4 is 0 Å². The van der Waals surface area contributed by atoms with Crippen LogP contribution < -0.4 is 0 Å². The molecular weight excluding hydrogens is 132 g/mol. The molecule has 0 saturated heterocycles. The van der Waals surface area contributed by atoms with E-state index in [0.29, 0.717) is 5.41 Å². The largest absolute Gasteiger partial charge is 0.0791 e. The predicted octanol–water partition coefficient (Wildman–Crippen LogP) is 3.53. The van der Waals surface area contributed by atoms with Crippen LogP contribution in [0.25, 0.3) is 0 Å². The van der Waals surface area contributed by atoms with Crippen LogP contribution in [0.3, 0.4) is 0 Å². The van der Waals surface area contributed by atoms with Crippen LogP contribution in [0.1, 0.15) is 46.0 Å². The minimum atomic E-state index is 0.616. The van der Waals surface area contributed by atoms with Gasteiger partial charge >= 0.3 is 0 Å². The van der Waals surface area contributed by atoms with E-state index >= 15 is 0 Å². The van der Waals surface area contributed by atoms with Gasteiger partial charge in [0.15, 0.2) is 0 Å². The molecule has 0 heterocycles. The second-order valence-electron chi connectivity index (χ2n) is 4.44. The van der Waals surface area contributed by atoms with E-state index in [1.807, 2.05) is 0 Å². The number of allylic oxidation sites excluding steroid dienone is 2. The highest BCUT2D eigenvalue weighted by Gasteiger charge is 2.41. The Morgan fingerprint density at radius 1 is 1.55 bits per heavy atom. The second-order valence-corrected chi connectivity index (χ2v) is 4.44. The maximum Gasteiger partial charge on any atom is -0.0113 e.